The van der Waals surface area contributed by atoms with Crippen molar-refractivity contribution in [1.82, 2.24) is 4.68 Å². The van der Waals surface area contributed by atoms with E-state index in [2.05, 4.69) is 10.7 Å². The molecule has 2 atom stereocenters. The second-order valence-corrected chi connectivity index (χ2v) is 8.25. The summed E-state index contributed by atoms with van der Waals surface area (Å²) in [6.07, 6.45) is 0. The van der Waals surface area contributed by atoms with E-state index in [9.17, 15) is 9.18 Å². The van der Waals surface area contributed by atoms with Crippen LogP contribution < -0.4 is 15.5 Å². The summed E-state index contributed by atoms with van der Waals surface area (Å²) in [5.41, 5.74) is 5.90. The van der Waals surface area contributed by atoms with Gasteiger partial charge in [-0.1, -0.05) is 35.5 Å². The largest absolute Gasteiger partial charge is 0.497 e. The van der Waals surface area contributed by atoms with Crippen LogP contribution in [0, 0.1) is 12.7 Å². The molecule has 4 rings (SSSR count). The van der Waals surface area contributed by atoms with Crippen molar-refractivity contribution in [3.05, 3.63) is 76.7 Å². The normalized spacial score (nSPS) is 17.9. The first-order valence-electron chi connectivity index (χ1n) is 8.97. The number of aryl methyl sites for hydroxylation is 1. The molecule has 5 nitrogen and oxygen atoms in total. The molecule has 1 aliphatic heterocycles. The Morgan fingerprint density at radius 2 is 1.97 bits per heavy atom. The van der Waals surface area contributed by atoms with Gasteiger partial charge in [-0.15, -0.1) is 0 Å². The average molecular weight is 432 g/mol. The van der Waals surface area contributed by atoms with Crippen LogP contribution >= 0.6 is 23.4 Å². The summed E-state index contributed by atoms with van der Waals surface area (Å²) in [7, 11) is 1.61. The minimum absolute atomic E-state index is 0.0339. The Bertz CT molecular complexity index is 1050. The average Bonchev–Trinajstić information content (AvgIpc) is 3.10. The van der Waals surface area contributed by atoms with Crippen LogP contribution in [0.15, 0.2) is 59.6 Å². The fraction of sp³-hybridized carbons (Fsp3) is 0.190. The summed E-state index contributed by atoms with van der Waals surface area (Å²) < 4.78 is 20.7. The molecule has 1 aliphatic rings. The van der Waals surface area contributed by atoms with Gasteiger partial charge in [-0.2, -0.15) is 0 Å². The molecule has 0 bridgehead atoms. The molecule has 0 radical (unpaired) electrons. The molecule has 0 aliphatic carbocycles. The fourth-order valence-corrected chi connectivity index (χ4v) is 4.64. The van der Waals surface area contributed by atoms with Gasteiger partial charge in [0.2, 0.25) is 5.91 Å². The van der Waals surface area contributed by atoms with Gasteiger partial charge in [0.05, 0.1) is 23.2 Å². The first-order chi connectivity index (χ1) is 14.0. The molecule has 0 spiro atoms. The number of benzene rings is 2. The first-order valence-corrected chi connectivity index (χ1v) is 10.2. The number of carbonyl (C=O) groups excluding carboxylic acids is 1. The Balaban J connectivity index is 1.65. The maximum atomic E-state index is 13.4. The van der Waals surface area contributed by atoms with Crippen LogP contribution in [0.2, 0.25) is 5.02 Å². The number of thioether (sulfide) groups is 1. The Kier molecular flexibility index (Phi) is 5.43. The number of amides is 1. The Morgan fingerprint density at radius 3 is 2.66 bits per heavy atom. The topological polar surface area (TPSA) is 55.3 Å². The molecule has 3 aromatic rings. The summed E-state index contributed by atoms with van der Waals surface area (Å²) in [6, 6.07) is 15.5. The van der Waals surface area contributed by atoms with Crippen LogP contribution in [0.3, 0.4) is 0 Å². The Labute approximate surface area is 177 Å². The van der Waals surface area contributed by atoms with Crippen LogP contribution in [0.4, 0.5) is 10.1 Å². The SMILES string of the molecule is COc1ccc([C@@H]2Nn3c(C)ccc3S[C@H]2C(=O)Nc2ccc(F)c(Cl)c2)cc1. The van der Waals surface area contributed by atoms with Crippen molar-refractivity contribution in [1.29, 1.82) is 0 Å². The van der Waals surface area contributed by atoms with Gasteiger partial charge < -0.3 is 15.5 Å². The zero-order chi connectivity index (χ0) is 20.5. The number of aromatic nitrogens is 1. The number of anilines is 1. The van der Waals surface area contributed by atoms with E-state index in [0.717, 1.165) is 22.0 Å². The van der Waals surface area contributed by atoms with Gasteiger partial charge in [0.25, 0.3) is 0 Å². The number of nitrogens with one attached hydrogen (secondary N) is 2. The fourth-order valence-electron chi connectivity index (χ4n) is 3.23. The number of fused-ring (bicyclic) bond motifs is 1. The molecule has 1 aromatic heterocycles. The molecule has 29 heavy (non-hydrogen) atoms. The van der Waals surface area contributed by atoms with E-state index >= 15 is 0 Å². The van der Waals surface area contributed by atoms with Crippen molar-refractivity contribution < 1.29 is 13.9 Å². The van der Waals surface area contributed by atoms with E-state index in [1.54, 1.807) is 7.11 Å². The highest BCUT2D eigenvalue weighted by molar-refractivity contribution is 8.00. The molecule has 2 aromatic carbocycles. The van der Waals surface area contributed by atoms with E-state index in [1.807, 2.05) is 48.0 Å². The third kappa shape index (κ3) is 3.93. The summed E-state index contributed by atoms with van der Waals surface area (Å²) in [5.74, 6) is 0.0240. The highest BCUT2D eigenvalue weighted by Gasteiger charge is 2.36. The smallest absolute Gasteiger partial charge is 0.240 e. The molecule has 2 heterocycles. The zero-order valence-corrected chi connectivity index (χ0v) is 17.4. The molecular formula is C21H19ClFN3O2S. The van der Waals surface area contributed by atoms with E-state index in [0.29, 0.717) is 5.69 Å². The quantitative estimate of drug-likeness (QED) is 0.610. The van der Waals surface area contributed by atoms with Crippen molar-refractivity contribution in [2.75, 3.05) is 17.9 Å². The lowest BCUT2D eigenvalue weighted by Crippen LogP contribution is -2.41. The maximum absolute atomic E-state index is 13.4. The molecule has 2 N–H and O–H groups in total. The highest BCUT2D eigenvalue weighted by atomic mass is 35.5. The lowest BCUT2D eigenvalue weighted by molar-refractivity contribution is -0.116. The lowest BCUT2D eigenvalue weighted by Gasteiger charge is -2.34. The number of halogens is 2. The number of ether oxygens (including phenoxy) is 1. The molecule has 0 saturated carbocycles. The minimum atomic E-state index is -0.525. The van der Waals surface area contributed by atoms with Crippen LogP contribution in [-0.2, 0) is 4.79 Å². The monoisotopic (exact) mass is 431 g/mol. The molecule has 0 fully saturated rings. The Morgan fingerprint density at radius 1 is 1.21 bits per heavy atom. The third-order valence-corrected chi connectivity index (χ3v) is 6.37. The third-order valence-electron chi connectivity index (χ3n) is 4.78. The van der Waals surface area contributed by atoms with Gasteiger partial charge in [-0.3, -0.25) is 9.47 Å². The number of carbonyl (C=O) groups is 1. The number of hydrogen-bond acceptors (Lipinski definition) is 4. The van der Waals surface area contributed by atoms with Crippen LogP contribution in [-0.4, -0.2) is 22.9 Å². The van der Waals surface area contributed by atoms with E-state index in [4.69, 9.17) is 16.3 Å². The highest BCUT2D eigenvalue weighted by Crippen LogP contribution is 2.39. The van der Waals surface area contributed by atoms with Crippen molar-refractivity contribution in [3.63, 3.8) is 0 Å². The predicted molar refractivity (Wildman–Crippen MR) is 114 cm³/mol. The minimum Gasteiger partial charge on any atom is -0.497 e. The molecule has 8 heteroatoms. The van der Waals surface area contributed by atoms with Crippen LogP contribution in [0.1, 0.15) is 17.3 Å². The number of methoxy groups -OCH3 is 1. The lowest BCUT2D eigenvalue weighted by atomic mass is 10.0. The molecule has 150 valence electrons. The van der Waals surface area contributed by atoms with Crippen molar-refractivity contribution in [3.8, 4) is 5.75 Å². The van der Waals surface area contributed by atoms with Gasteiger partial charge in [0, 0.05) is 11.4 Å². The number of hydrogen-bond donors (Lipinski definition) is 2. The second-order valence-electron chi connectivity index (χ2n) is 6.68. The van der Waals surface area contributed by atoms with Gasteiger partial charge in [0.1, 0.15) is 16.8 Å². The van der Waals surface area contributed by atoms with Gasteiger partial charge in [-0.05, 0) is 55.0 Å². The maximum Gasteiger partial charge on any atom is 0.240 e. The first kappa shape index (κ1) is 19.7. The number of rotatable bonds is 4. The van der Waals surface area contributed by atoms with Crippen molar-refractivity contribution in [2.24, 2.45) is 0 Å². The van der Waals surface area contributed by atoms with Gasteiger partial charge >= 0.3 is 0 Å². The standard InChI is InChI=1S/C21H19ClFN3O2S/c1-12-3-10-18-26(12)25-19(13-4-7-15(28-2)8-5-13)20(29-18)21(27)24-14-6-9-17(23)16(22)11-14/h3-11,19-20,25H,1-2H3,(H,24,27)/t19-,20+/m0/s1. The van der Waals surface area contributed by atoms with Crippen molar-refractivity contribution in [2.45, 2.75) is 23.2 Å². The van der Waals surface area contributed by atoms with E-state index in [-0.39, 0.29) is 17.0 Å². The number of nitrogens with zero attached hydrogens (tertiary/aromatic N) is 1. The zero-order valence-electron chi connectivity index (χ0n) is 15.8. The van der Waals surface area contributed by atoms with E-state index < -0.39 is 11.1 Å². The summed E-state index contributed by atoms with van der Waals surface area (Å²) in [4.78, 5) is 13.1. The van der Waals surface area contributed by atoms with E-state index in [1.165, 1.54) is 30.0 Å². The van der Waals surface area contributed by atoms with Crippen LogP contribution in [0.5, 0.6) is 5.75 Å². The van der Waals surface area contributed by atoms with Gasteiger partial charge in [0.15, 0.2) is 0 Å². The van der Waals surface area contributed by atoms with Crippen LogP contribution in [0.25, 0.3) is 0 Å². The molecule has 0 saturated heterocycles. The summed E-state index contributed by atoms with van der Waals surface area (Å²) in [5, 5.41) is 3.32. The summed E-state index contributed by atoms with van der Waals surface area (Å²) >= 11 is 7.32. The molecule has 0 unspecified atom stereocenters. The molecular weight excluding hydrogens is 413 g/mol. The Hall–Kier alpha value is -2.64. The second kappa shape index (κ2) is 8.00. The molecule has 1 amide bonds. The van der Waals surface area contributed by atoms with Crippen molar-refractivity contribution >= 4 is 35.0 Å². The predicted octanol–water partition coefficient (Wildman–Crippen LogP) is 5.00. The summed E-state index contributed by atoms with van der Waals surface area (Å²) in [6.45, 7) is 2.00. The van der Waals surface area contributed by atoms with Gasteiger partial charge in [-0.25, -0.2) is 4.39 Å².